The predicted octanol–water partition coefficient (Wildman–Crippen LogP) is 4.07. The van der Waals surface area contributed by atoms with Crippen LogP contribution in [0.3, 0.4) is 0 Å². The highest BCUT2D eigenvalue weighted by atomic mass is 16.5. The van der Waals surface area contributed by atoms with E-state index >= 15 is 0 Å². The Labute approximate surface area is 201 Å². The van der Waals surface area contributed by atoms with Gasteiger partial charge in [0.2, 0.25) is 0 Å². The van der Waals surface area contributed by atoms with Crippen molar-refractivity contribution in [2.24, 2.45) is 7.05 Å². The van der Waals surface area contributed by atoms with Gasteiger partial charge in [-0.1, -0.05) is 12.1 Å². The Hall–Kier alpha value is -4.99. The molecule has 0 saturated carbocycles. The number of aromatic nitrogens is 6. The number of hydrogen-bond donors (Lipinski definition) is 2. The molecule has 10 heteroatoms. The zero-order chi connectivity index (χ0) is 24.2. The Balaban J connectivity index is 1.24. The first-order valence-corrected chi connectivity index (χ1v) is 10.8. The Kier molecular flexibility index (Phi) is 5.91. The molecule has 0 aliphatic carbocycles. The highest BCUT2D eigenvalue weighted by Crippen LogP contribution is 2.24. The molecular weight excluding hydrogens is 444 g/mol. The van der Waals surface area contributed by atoms with Crippen molar-refractivity contribution in [2.75, 3.05) is 17.7 Å². The average molecular weight is 467 g/mol. The largest absolute Gasteiger partial charge is 0.497 e. The van der Waals surface area contributed by atoms with Crippen LogP contribution in [0.15, 0.2) is 85.2 Å². The number of carbonyl (C=O) groups excluding carboxylic acids is 1. The maximum absolute atomic E-state index is 12.9. The number of anilines is 3. The number of rotatable bonds is 7. The van der Waals surface area contributed by atoms with Gasteiger partial charge in [-0.3, -0.25) is 9.48 Å². The van der Waals surface area contributed by atoms with E-state index in [0.717, 1.165) is 17.0 Å². The number of nitrogens with one attached hydrogen (secondary N) is 2. The maximum Gasteiger partial charge on any atom is 0.273 e. The lowest BCUT2D eigenvalue weighted by molar-refractivity contribution is 0.101. The van der Waals surface area contributed by atoms with E-state index in [0.29, 0.717) is 28.7 Å². The molecule has 10 nitrogen and oxygen atoms in total. The molecule has 3 heterocycles. The molecule has 5 aromatic rings. The van der Waals surface area contributed by atoms with Gasteiger partial charge in [-0.25, -0.2) is 4.68 Å². The summed E-state index contributed by atoms with van der Waals surface area (Å²) < 4.78 is 8.47. The third-order valence-corrected chi connectivity index (χ3v) is 5.28. The number of hydrogen-bond acceptors (Lipinski definition) is 7. The molecule has 2 aromatic carbocycles. The van der Waals surface area contributed by atoms with Crippen LogP contribution in [0.1, 0.15) is 10.5 Å². The summed E-state index contributed by atoms with van der Waals surface area (Å²) in [4.78, 5) is 12.9. The van der Waals surface area contributed by atoms with E-state index in [1.165, 1.54) is 0 Å². The summed E-state index contributed by atoms with van der Waals surface area (Å²) >= 11 is 0. The fourth-order valence-corrected chi connectivity index (χ4v) is 3.50. The number of amides is 1. The third-order valence-electron chi connectivity index (χ3n) is 5.28. The molecule has 0 unspecified atom stereocenters. The minimum Gasteiger partial charge on any atom is -0.497 e. The van der Waals surface area contributed by atoms with Gasteiger partial charge in [-0.15, -0.1) is 10.2 Å². The smallest absolute Gasteiger partial charge is 0.273 e. The fraction of sp³-hybridized carbons (Fsp3) is 0.0800. The lowest BCUT2D eigenvalue weighted by atomic mass is 10.1. The summed E-state index contributed by atoms with van der Waals surface area (Å²) in [5.74, 6) is 1.70. The molecule has 0 radical (unpaired) electrons. The first-order valence-electron chi connectivity index (χ1n) is 10.8. The lowest BCUT2D eigenvalue weighted by Gasteiger charge is -2.08. The molecular formula is C25H22N8O2. The Morgan fingerprint density at radius 2 is 1.77 bits per heavy atom. The van der Waals surface area contributed by atoms with Crippen LogP contribution in [0.4, 0.5) is 17.2 Å². The van der Waals surface area contributed by atoms with Gasteiger partial charge in [0.15, 0.2) is 11.6 Å². The molecule has 0 fully saturated rings. The van der Waals surface area contributed by atoms with Gasteiger partial charge in [-0.2, -0.15) is 10.2 Å². The SMILES string of the molecule is COc1cccc(-c2cc(C(=O)Nc3ccc(Nc4ccc(-n5cccn5)nn4)cc3)n(C)n2)c1. The molecule has 174 valence electrons. The van der Waals surface area contributed by atoms with Gasteiger partial charge in [0.1, 0.15) is 11.4 Å². The van der Waals surface area contributed by atoms with Crippen LogP contribution in [0.2, 0.25) is 0 Å². The van der Waals surface area contributed by atoms with Gasteiger partial charge in [0, 0.05) is 36.4 Å². The first-order chi connectivity index (χ1) is 17.1. The van der Waals surface area contributed by atoms with E-state index < -0.39 is 0 Å². The highest BCUT2D eigenvalue weighted by molar-refractivity contribution is 6.03. The summed E-state index contributed by atoms with van der Waals surface area (Å²) in [6.07, 6.45) is 3.48. The van der Waals surface area contributed by atoms with Crippen LogP contribution >= 0.6 is 0 Å². The van der Waals surface area contributed by atoms with Crippen molar-refractivity contribution in [3.8, 4) is 22.8 Å². The lowest BCUT2D eigenvalue weighted by Crippen LogP contribution is -2.16. The minimum atomic E-state index is -0.255. The summed E-state index contributed by atoms with van der Waals surface area (Å²) in [5.41, 5.74) is 3.47. The molecule has 1 amide bonds. The van der Waals surface area contributed by atoms with Crippen molar-refractivity contribution in [3.63, 3.8) is 0 Å². The van der Waals surface area contributed by atoms with E-state index in [1.807, 2.05) is 66.7 Å². The minimum absolute atomic E-state index is 0.255. The number of benzene rings is 2. The van der Waals surface area contributed by atoms with E-state index in [1.54, 1.807) is 42.0 Å². The number of carbonyl (C=O) groups is 1. The number of aryl methyl sites for hydroxylation is 1. The summed E-state index contributed by atoms with van der Waals surface area (Å²) in [7, 11) is 3.35. The van der Waals surface area contributed by atoms with Gasteiger partial charge in [-0.05, 0) is 60.7 Å². The molecule has 35 heavy (non-hydrogen) atoms. The van der Waals surface area contributed by atoms with Crippen molar-refractivity contribution in [3.05, 3.63) is 90.9 Å². The zero-order valence-electron chi connectivity index (χ0n) is 19.1. The Morgan fingerprint density at radius 3 is 2.49 bits per heavy atom. The van der Waals surface area contributed by atoms with Gasteiger partial charge < -0.3 is 15.4 Å². The fourth-order valence-electron chi connectivity index (χ4n) is 3.50. The van der Waals surface area contributed by atoms with Crippen molar-refractivity contribution in [1.29, 1.82) is 0 Å². The third kappa shape index (κ3) is 4.86. The molecule has 0 spiro atoms. The molecule has 0 saturated heterocycles. The topological polar surface area (TPSA) is 112 Å². The van der Waals surface area contributed by atoms with E-state index in [-0.39, 0.29) is 5.91 Å². The van der Waals surface area contributed by atoms with Crippen LogP contribution in [0.25, 0.3) is 17.1 Å². The van der Waals surface area contributed by atoms with Gasteiger partial charge in [0.25, 0.3) is 5.91 Å². The molecule has 0 atom stereocenters. The van der Waals surface area contributed by atoms with Crippen LogP contribution in [-0.4, -0.2) is 42.8 Å². The van der Waals surface area contributed by atoms with Gasteiger partial charge >= 0.3 is 0 Å². The molecule has 3 aromatic heterocycles. The average Bonchev–Trinajstić information content (AvgIpc) is 3.56. The monoisotopic (exact) mass is 466 g/mol. The predicted molar refractivity (Wildman–Crippen MR) is 132 cm³/mol. The normalized spacial score (nSPS) is 10.7. The van der Waals surface area contributed by atoms with Crippen molar-refractivity contribution in [2.45, 2.75) is 0 Å². The molecule has 0 bridgehead atoms. The van der Waals surface area contributed by atoms with Crippen LogP contribution in [0.5, 0.6) is 5.75 Å². The van der Waals surface area contributed by atoms with Crippen molar-refractivity contribution < 1.29 is 9.53 Å². The zero-order valence-corrected chi connectivity index (χ0v) is 19.1. The van der Waals surface area contributed by atoms with Crippen LogP contribution in [0, 0.1) is 0 Å². The first kappa shape index (κ1) is 21.8. The Morgan fingerprint density at radius 1 is 0.943 bits per heavy atom. The number of ether oxygens (including phenoxy) is 1. The Bertz CT molecular complexity index is 1440. The van der Waals surface area contributed by atoms with Crippen molar-refractivity contribution >= 4 is 23.1 Å². The second-order valence-corrected chi connectivity index (χ2v) is 7.65. The van der Waals surface area contributed by atoms with Crippen molar-refractivity contribution in [1.82, 2.24) is 29.8 Å². The van der Waals surface area contributed by atoms with Gasteiger partial charge in [0.05, 0.1) is 12.8 Å². The molecule has 0 aliphatic heterocycles. The number of nitrogens with zero attached hydrogens (tertiary/aromatic N) is 6. The standard InChI is InChI=1S/C25H22N8O2/c1-32-22(16-21(31-32)17-5-3-6-20(15-17)35-2)25(34)28-19-9-7-18(8-10-19)27-23-11-12-24(30-29-23)33-14-4-13-26-33/h3-16H,1-2H3,(H,27,29)(H,28,34). The van der Waals surface area contributed by atoms with E-state index in [9.17, 15) is 4.79 Å². The summed E-state index contributed by atoms with van der Waals surface area (Å²) in [6.45, 7) is 0. The molecule has 5 rings (SSSR count). The summed E-state index contributed by atoms with van der Waals surface area (Å²) in [5, 5.41) is 23.1. The summed E-state index contributed by atoms with van der Waals surface area (Å²) in [6, 6.07) is 22.1. The van der Waals surface area contributed by atoms with Crippen LogP contribution < -0.4 is 15.4 Å². The maximum atomic E-state index is 12.9. The quantitative estimate of drug-likeness (QED) is 0.372. The molecule has 2 N–H and O–H groups in total. The van der Waals surface area contributed by atoms with E-state index in [2.05, 4.69) is 31.0 Å². The van der Waals surface area contributed by atoms with Crippen LogP contribution in [-0.2, 0) is 7.05 Å². The molecule has 0 aliphatic rings. The second kappa shape index (κ2) is 9.48. The number of methoxy groups -OCH3 is 1. The highest BCUT2D eigenvalue weighted by Gasteiger charge is 2.15. The second-order valence-electron chi connectivity index (χ2n) is 7.65. The van der Waals surface area contributed by atoms with E-state index in [4.69, 9.17) is 4.74 Å².